The van der Waals surface area contributed by atoms with Crippen LogP contribution in [0.1, 0.15) is 23.0 Å². The van der Waals surface area contributed by atoms with Gasteiger partial charge in [0.1, 0.15) is 12.1 Å². The van der Waals surface area contributed by atoms with Gasteiger partial charge in [0.05, 0.1) is 11.0 Å². The van der Waals surface area contributed by atoms with Crippen molar-refractivity contribution in [3.8, 4) is 0 Å². The number of aliphatic carboxylic acids is 1. The number of amides is 2. The van der Waals surface area contributed by atoms with Gasteiger partial charge in [-0.25, -0.2) is 4.79 Å². The van der Waals surface area contributed by atoms with E-state index in [9.17, 15) is 19.5 Å². The van der Waals surface area contributed by atoms with Gasteiger partial charge in [-0.3, -0.25) is 9.59 Å². The molecule has 1 aromatic rings. The first-order valence-corrected chi connectivity index (χ1v) is 7.34. The van der Waals surface area contributed by atoms with E-state index in [0.717, 1.165) is 4.90 Å². The van der Waals surface area contributed by atoms with E-state index in [2.05, 4.69) is 5.32 Å². The molecule has 1 fully saturated rings. The van der Waals surface area contributed by atoms with Crippen LogP contribution in [-0.4, -0.2) is 57.6 Å². The summed E-state index contributed by atoms with van der Waals surface area (Å²) >= 11 is 1.25. The zero-order chi connectivity index (χ0) is 15.6. The molecule has 21 heavy (non-hydrogen) atoms. The number of aliphatic hydroxyl groups is 1. The number of thiophene rings is 1. The highest BCUT2D eigenvalue weighted by atomic mass is 32.1. The van der Waals surface area contributed by atoms with Crippen molar-refractivity contribution in [2.24, 2.45) is 0 Å². The quantitative estimate of drug-likeness (QED) is 0.720. The summed E-state index contributed by atoms with van der Waals surface area (Å²) in [6, 6.07) is 1.46. The standard InChI is InChI=1S/C13H16N2O5S/c1-7(14-11(17)10-3-2-4-21-10)12(18)15-6-8(16)5-9(15)13(19)20/h2-4,7-9,16H,5-6H2,1H3,(H,14,17)(H,19,20)/t7?,8-,9-/m1/s1. The molecule has 0 radical (unpaired) electrons. The van der Waals surface area contributed by atoms with E-state index in [0.29, 0.717) is 4.88 Å². The Balaban J connectivity index is 2.02. The van der Waals surface area contributed by atoms with Crippen LogP contribution in [0.4, 0.5) is 0 Å². The van der Waals surface area contributed by atoms with Crippen molar-refractivity contribution < 1.29 is 24.6 Å². The molecule has 1 unspecified atom stereocenters. The van der Waals surface area contributed by atoms with Crippen LogP contribution < -0.4 is 5.32 Å². The van der Waals surface area contributed by atoms with E-state index < -0.39 is 30.1 Å². The van der Waals surface area contributed by atoms with Crippen molar-refractivity contribution in [2.45, 2.75) is 31.5 Å². The Morgan fingerprint density at radius 1 is 1.48 bits per heavy atom. The Bertz CT molecular complexity index is 545. The lowest BCUT2D eigenvalue weighted by molar-refractivity contribution is -0.148. The lowest BCUT2D eigenvalue weighted by Crippen LogP contribution is -2.50. The maximum atomic E-state index is 12.3. The predicted octanol–water partition coefficient (Wildman–Crippen LogP) is -0.0872. The second-order valence-corrected chi connectivity index (χ2v) is 5.85. The van der Waals surface area contributed by atoms with E-state index in [1.165, 1.54) is 18.3 Å². The van der Waals surface area contributed by atoms with Gasteiger partial charge in [0.15, 0.2) is 0 Å². The van der Waals surface area contributed by atoms with Crippen LogP contribution in [0, 0.1) is 0 Å². The number of aliphatic hydroxyl groups excluding tert-OH is 1. The molecule has 2 amide bonds. The number of carbonyl (C=O) groups excluding carboxylic acids is 2. The summed E-state index contributed by atoms with van der Waals surface area (Å²) in [4.78, 5) is 36.8. The smallest absolute Gasteiger partial charge is 0.326 e. The molecular weight excluding hydrogens is 296 g/mol. The second-order valence-electron chi connectivity index (χ2n) is 4.91. The van der Waals surface area contributed by atoms with Gasteiger partial charge in [-0.2, -0.15) is 0 Å². The number of hydrogen-bond donors (Lipinski definition) is 3. The first-order chi connectivity index (χ1) is 9.90. The lowest BCUT2D eigenvalue weighted by atomic mass is 10.2. The number of likely N-dealkylation sites (tertiary alicyclic amines) is 1. The number of β-amino-alcohol motifs (C(OH)–C–C–N with tert-alkyl or cyclic N) is 1. The summed E-state index contributed by atoms with van der Waals surface area (Å²) in [5.41, 5.74) is 0. The van der Waals surface area contributed by atoms with Crippen LogP contribution in [0.15, 0.2) is 17.5 Å². The Morgan fingerprint density at radius 2 is 2.19 bits per heavy atom. The maximum absolute atomic E-state index is 12.3. The molecule has 0 spiro atoms. The van der Waals surface area contributed by atoms with Gasteiger partial charge in [-0.1, -0.05) is 6.07 Å². The number of nitrogens with one attached hydrogen (secondary N) is 1. The average Bonchev–Trinajstić information content (AvgIpc) is 3.06. The maximum Gasteiger partial charge on any atom is 0.326 e. The highest BCUT2D eigenvalue weighted by Crippen LogP contribution is 2.19. The zero-order valence-electron chi connectivity index (χ0n) is 11.4. The Hall–Kier alpha value is -1.93. The molecule has 1 saturated heterocycles. The van der Waals surface area contributed by atoms with Crippen LogP contribution >= 0.6 is 11.3 Å². The fourth-order valence-corrected chi connectivity index (χ4v) is 2.90. The molecule has 0 saturated carbocycles. The minimum Gasteiger partial charge on any atom is -0.480 e. The van der Waals surface area contributed by atoms with E-state index >= 15 is 0 Å². The normalized spacial score (nSPS) is 22.9. The highest BCUT2D eigenvalue weighted by Gasteiger charge is 2.40. The molecule has 3 atom stereocenters. The minimum absolute atomic E-state index is 0.00661. The Morgan fingerprint density at radius 3 is 2.76 bits per heavy atom. The summed E-state index contributed by atoms with van der Waals surface area (Å²) in [7, 11) is 0. The molecular formula is C13H16N2O5S. The minimum atomic E-state index is -1.16. The van der Waals surface area contributed by atoms with Gasteiger partial charge in [0, 0.05) is 13.0 Å². The number of nitrogens with zero attached hydrogens (tertiary/aromatic N) is 1. The van der Waals surface area contributed by atoms with Crippen molar-refractivity contribution in [1.82, 2.24) is 10.2 Å². The van der Waals surface area contributed by atoms with Crippen molar-refractivity contribution >= 4 is 29.1 Å². The molecule has 1 aromatic heterocycles. The third kappa shape index (κ3) is 3.40. The first kappa shape index (κ1) is 15.5. The van der Waals surface area contributed by atoms with Gasteiger partial charge in [-0.05, 0) is 18.4 Å². The number of carbonyl (C=O) groups is 3. The summed E-state index contributed by atoms with van der Waals surface area (Å²) in [6.07, 6.45) is -0.845. The molecule has 1 aliphatic rings. The van der Waals surface area contributed by atoms with E-state index in [1.807, 2.05) is 0 Å². The fourth-order valence-electron chi connectivity index (χ4n) is 2.28. The zero-order valence-corrected chi connectivity index (χ0v) is 12.2. The molecule has 8 heteroatoms. The average molecular weight is 312 g/mol. The first-order valence-electron chi connectivity index (χ1n) is 6.46. The van der Waals surface area contributed by atoms with E-state index in [4.69, 9.17) is 5.11 Å². The largest absolute Gasteiger partial charge is 0.480 e. The van der Waals surface area contributed by atoms with Crippen LogP contribution in [0.25, 0.3) is 0 Å². The van der Waals surface area contributed by atoms with Crippen LogP contribution in [-0.2, 0) is 9.59 Å². The van der Waals surface area contributed by atoms with Gasteiger partial charge < -0.3 is 20.4 Å². The van der Waals surface area contributed by atoms with E-state index in [1.54, 1.807) is 17.5 Å². The van der Waals surface area contributed by atoms with Crippen LogP contribution in [0.2, 0.25) is 0 Å². The molecule has 2 rings (SSSR count). The summed E-state index contributed by atoms with van der Waals surface area (Å²) in [6.45, 7) is 1.46. The van der Waals surface area contributed by atoms with Crippen molar-refractivity contribution in [2.75, 3.05) is 6.54 Å². The molecule has 0 aromatic carbocycles. The molecule has 1 aliphatic heterocycles. The van der Waals surface area contributed by atoms with Crippen LogP contribution in [0.5, 0.6) is 0 Å². The molecule has 7 nitrogen and oxygen atoms in total. The van der Waals surface area contributed by atoms with Gasteiger partial charge in [-0.15, -0.1) is 11.3 Å². The highest BCUT2D eigenvalue weighted by molar-refractivity contribution is 7.12. The molecule has 2 heterocycles. The Labute approximate surface area is 125 Å². The molecule has 0 bridgehead atoms. The van der Waals surface area contributed by atoms with Crippen LogP contribution in [0.3, 0.4) is 0 Å². The topological polar surface area (TPSA) is 107 Å². The van der Waals surface area contributed by atoms with Gasteiger partial charge in [0.25, 0.3) is 5.91 Å². The Kier molecular flexibility index (Phi) is 4.59. The fraction of sp³-hybridized carbons (Fsp3) is 0.462. The third-order valence-electron chi connectivity index (χ3n) is 3.31. The summed E-state index contributed by atoms with van der Waals surface area (Å²) in [5.74, 6) is -2.04. The molecule has 3 N–H and O–H groups in total. The van der Waals surface area contributed by atoms with E-state index in [-0.39, 0.29) is 18.9 Å². The molecule has 0 aliphatic carbocycles. The summed E-state index contributed by atoms with van der Waals surface area (Å²) < 4.78 is 0. The summed E-state index contributed by atoms with van der Waals surface area (Å²) in [5, 5.41) is 22.9. The lowest BCUT2D eigenvalue weighted by Gasteiger charge is -2.25. The number of carboxylic acids is 1. The second kappa shape index (κ2) is 6.23. The number of rotatable bonds is 4. The molecule has 114 valence electrons. The van der Waals surface area contributed by atoms with Crippen molar-refractivity contribution in [3.05, 3.63) is 22.4 Å². The third-order valence-corrected chi connectivity index (χ3v) is 4.18. The van der Waals surface area contributed by atoms with Gasteiger partial charge >= 0.3 is 5.97 Å². The SMILES string of the molecule is CC(NC(=O)c1cccs1)C(=O)N1C[C@H](O)C[C@@H]1C(=O)O. The van der Waals surface area contributed by atoms with Crippen molar-refractivity contribution in [1.29, 1.82) is 0 Å². The monoisotopic (exact) mass is 312 g/mol. The number of hydrogen-bond acceptors (Lipinski definition) is 5. The van der Waals surface area contributed by atoms with Crippen molar-refractivity contribution in [3.63, 3.8) is 0 Å². The predicted molar refractivity (Wildman–Crippen MR) is 75.0 cm³/mol. The van der Waals surface area contributed by atoms with Gasteiger partial charge in [0.2, 0.25) is 5.91 Å². The number of carboxylic acid groups (broad SMARTS) is 1.